The van der Waals surface area contributed by atoms with Gasteiger partial charge >= 0.3 is 5.97 Å². The minimum Gasteiger partial charge on any atom is -0.481 e. The number of aliphatic hydroxyl groups is 2. The second-order valence-corrected chi connectivity index (χ2v) is 9.52. The predicted molar refractivity (Wildman–Crippen MR) is 90.3 cm³/mol. The third kappa shape index (κ3) is 1.56. The molecule has 4 saturated carbocycles. The summed E-state index contributed by atoms with van der Waals surface area (Å²) in [6, 6.07) is 0. The molecule has 24 heavy (non-hydrogen) atoms. The van der Waals surface area contributed by atoms with Crippen molar-refractivity contribution in [2.45, 2.75) is 76.9 Å². The Kier molecular flexibility index (Phi) is 3.21. The number of hydrogen-bond donors (Lipinski definition) is 3. The van der Waals surface area contributed by atoms with Crippen molar-refractivity contribution in [3.63, 3.8) is 0 Å². The number of carboxylic acids is 1. The average molecular weight is 334 g/mol. The highest BCUT2D eigenvalue weighted by molar-refractivity contribution is 5.75. The Morgan fingerprint density at radius 2 is 1.88 bits per heavy atom. The van der Waals surface area contributed by atoms with Crippen LogP contribution in [0.15, 0.2) is 12.2 Å². The van der Waals surface area contributed by atoms with Gasteiger partial charge in [0.15, 0.2) is 0 Å². The lowest BCUT2D eigenvalue weighted by atomic mass is 9.38. The van der Waals surface area contributed by atoms with Gasteiger partial charge in [-0.25, -0.2) is 0 Å². The van der Waals surface area contributed by atoms with Gasteiger partial charge in [0.25, 0.3) is 0 Å². The molecule has 4 heteroatoms. The lowest BCUT2D eigenvalue weighted by Gasteiger charge is -2.68. The number of rotatable bonds is 1. The van der Waals surface area contributed by atoms with Gasteiger partial charge in [0, 0.05) is 10.8 Å². The van der Waals surface area contributed by atoms with E-state index in [9.17, 15) is 20.1 Å². The van der Waals surface area contributed by atoms with Crippen LogP contribution in [0.2, 0.25) is 0 Å². The van der Waals surface area contributed by atoms with Crippen molar-refractivity contribution >= 4 is 5.97 Å². The highest BCUT2D eigenvalue weighted by Crippen LogP contribution is 2.73. The van der Waals surface area contributed by atoms with Crippen LogP contribution in [-0.4, -0.2) is 33.0 Å². The largest absolute Gasteiger partial charge is 0.481 e. The molecule has 1 spiro atoms. The molecule has 4 aliphatic carbocycles. The SMILES string of the molecule is C=C1[C@@H]2CC[C@]3(O)[C@@](CC[C@@H]4[C@](C)(C(=O)O)CCC[C@]43C)(C2)[C@H]1O. The van der Waals surface area contributed by atoms with Gasteiger partial charge in [-0.1, -0.05) is 19.9 Å². The maximum absolute atomic E-state index is 12.1. The van der Waals surface area contributed by atoms with Gasteiger partial charge in [-0.05, 0) is 69.3 Å². The maximum atomic E-state index is 12.1. The summed E-state index contributed by atoms with van der Waals surface area (Å²) in [5.74, 6) is -0.456. The molecule has 2 bridgehead atoms. The van der Waals surface area contributed by atoms with E-state index in [1.165, 1.54) is 0 Å². The highest BCUT2D eigenvalue weighted by Gasteiger charge is 2.74. The van der Waals surface area contributed by atoms with E-state index < -0.39 is 33.9 Å². The van der Waals surface area contributed by atoms with Gasteiger partial charge < -0.3 is 15.3 Å². The third-order valence-corrected chi connectivity index (χ3v) is 8.93. The Morgan fingerprint density at radius 3 is 2.54 bits per heavy atom. The van der Waals surface area contributed by atoms with Crippen LogP contribution >= 0.6 is 0 Å². The zero-order chi connectivity index (χ0) is 17.5. The highest BCUT2D eigenvalue weighted by atomic mass is 16.4. The number of carbonyl (C=O) groups is 1. The van der Waals surface area contributed by atoms with E-state index in [-0.39, 0.29) is 5.92 Å². The van der Waals surface area contributed by atoms with Crippen molar-refractivity contribution in [2.75, 3.05) is 0 Å². The van der Waals surface area contributed by atoms with Crippen LogP contribution in [0.3, 0.4) is 0 Å². The smallest absolute Gasteiger partial charge is 0.309 e. The minimum atomic E-state index is -0.991. The van der Waals surface area contributed by atoms with Gasteiger partial charge in [0.05, 0.1) is 17.1 Å². The van der Waals surface area contributed by atoms with E-state index in [1.54, 1.807) is 0 Å². The molecule has 4 nitrogen and oxygen atoms in total. The Hall–Kier alpha value is -0.870. The number of aliphatic hydroxyl groups excluding tert-OH is 1. The molecule has 4 rings (SSSR count). The molecule has 0 radical (unpaired) electrons. The molecule has 4 aliphatic rings. The summed E-state index contributed by atoms with van der Waals surface area (Å²) in [5, 5.41) is 32.9. The zero-order valence-electron chi connectivity index (χ0n) is 14.8. The molecule has 0 saturated heterocycles. The minimum absolute atomic E-state index is 0.0375. The Bertz CT molecular complexity index is 615. The predicted octanol–water partition coefficient (Wildman–Crippen LogP) is 3.13. The molecule has 134 valence electrons. The Labute approximate surface area is 144 Å². The van der Waals surface area contributed by atoms with Crippen LogP contribution in [-0.2, 0) is 4.79 Å². The first-order chi connectivity index (χ1) is 11.1. The normalized spacial score (nSPS) is 56.5. The molecular formula is C20H30O4. The van der Waals surface area contributed by atoms with Gasteiger partial charge in [-0.3, -0.25) is 4.79 Å². The topological polar surface area (TPSA) is 77.8 Å². The van der Waals surface area contributed by atoms with Crippen LogP contribution in [0.4, 0.5) is 0 Å². The lowest BCUT2D eigenvalue weighted by Crippen LogP contribution is -2.70. The van der Waals surface area contributed by atoms with Crippen LogP contribution in [0.5, 0.6) is 0 Å². The van der Waals surface area contributed by atoms with Gasteiger partial charge in [-0.15, -0.1) is 0 Å². The molecule has 0 unspecified atom stereocenters. The second-order valence-electron chi connectivity index (χ2n) is 9.52. The lowest BCUT2D eigenvalue weighted by molar-refractivity contribution is -0.277. The van der Waals surface area contributed by atoms with Crippen LogP contribution in [0.25, 0.3) is 0 Å². The third-order valence-electron chi connectivity index (χ3n) is 8.93. The van der Waals surface area contributed by atoms with Crippen molar-refractivity contribution in [3.05, 3.63) is 12.2 Å². The fourth-order valence-electron chi connectivity index (χ4n) is 7.54. The van der Waals surface area contributed by atoms with E-state index in [4.69, 9.17) is 0 Å². The van der Waals surface area contributed by atoms with Gasteiger partial charge in [-0.2, -0.15) is 0 Å². The molecule has 0 aromatic rings. The fourth-order valence-corrected chi connectivity index (χ4v) is 7.54. The quantitative estimate of drug-likeness (QED) is 0.644. The fraction of sp³-hybridized carbons (Fsp3) is 0.850. The van der Waals surface area contributed by atoms with Crippen molar-refractivity contribution in [2.24, 2.45) is 28.1 Å². The van der Waals surface area contributed by atoms with Gasteiger partial charge in [0.1, 0.15) is 0 Å². The van der Waals surface area contributed by atoms with Crippen molar-refractivity contribution in [1.82, 2.24) is 0 Å². The summed E-state index contributed by atoms with van der Waals surface area (Å²) in [7, 11) is 0. The Morgan fingerprint density at radius 1 is 1.17 bits per heavy atom. The number of carboxylic acid groups (broad SMARTS) is 1. The molecule has 0 amide bonds. The first-order valence-electron chi connectivity index (χ1n) is 9.45. The van der Waals surface area contributed by atoms with Crippen molar-refractivity contribution in [1.29, 1.82) is 0 Å². The second kappa shape index (κ2) is 4.64. The Balaban J connectivity index is 1.85. The standard InChI is InChI=1S/C20H30O4/c1-12-13-5-10-20(24)18(3)8-4-7-17(2,16(22)23)14(18)6-9-19(20,11-13)15(12)21/h13-15,21,24H,1,4-11H2,2-3H3,(H,22,23)/t13-,14-,15+,17-,18-,19+,20-/m1/s1. The number of aliphatic carboxylic acids is 1. The summed E-state index contributed by atoms with van der Waals surface area (Å²) < 4.78 is 0. The van der Waals surface area contributed by atoms with Crippen molar-refractivity contribution in [3.8, 4) is 0 Å². The van der Waals surface area contributed by atoms with Crippen molar-refractivity contribution < 1.29 is 20.1 Å². The molecule has 0 heterocycles. The molecular weight excluding hydrogens is 304 g/mol. The summed E-state index contributed by atoms with van der Waals surface area (Å²) in [4.78, 5) is 12.1. The first kappa shape index (κ1) is 16.6. The number of fused-ring (bicyclic) bond motifs is 3. The van der Waals surface area contributed by atoms with E-state index in [2.05, 4.69) is 13.5 Å². The van der Waals surface area contributed by atoms with E-state index in [0.717, 1.165) is 37.7 Å². The average Bonchev–Trinajstić information content (AvgIpc) is 2.73. The van der Waals surface area contributed by atoms with Crippen LogP contribution in [0, 0.1) is 28.1 Å². The zero-order valence-corrected chi connectivity index (χ0v) is 14.8. The summed E-state index contributed by atoms with van der Waals surface area (Å²) in [6.45, 7) is 8.10. The summed E-state index contributed by atoms with van der Waals surface area (Å²) >= 11 is 0. The summed E-state index contributed by atoms with van der Waals surface area (Å²) in [5.41, 5.74) is -1.84. The van der Waals surface area contributed by atoms with E-state index in [0.29, 0.717) is 25.2 Å². The molecule has 0 aliphatic heterocycles. The molecule has 0 aromatic carbocycles. The van der Waals surface area contributed by atoms with E-state index in [1.807, 2.05) is 6.92 Å². The van der Waals surface area contributed by atoms with Crippen LogP contribution < -0.4 is 0 Å². The van der Waals surface area contributed by atoms with Crippen LogP contribution in [0.1, 0.15) is 65.2 Å². The summed E-state index contributed by atoms with van der Waals surface area (Å²) in [6.07, 6.45) is 5.54. The molecule has 3 N–H and O–H groups in total. The van der Waals surface area contributed by atoms with E-state index >= 15 is 0 Å². The molecule has 4 fully saturated rings. The monoisotopic (exact) mass is 334 g/mol. The maximum Gasteiger partial charge on any atom is 0.309 e. The van der Waals surface area contributed by atoms with Gasteiger partial charge in [0.2, 0.25) is 0 Å². The number of hydrogen-bond acceptors (Lipinski definition) is 3. The first-order valence-corrected chi connectivity index (χ1v) is 9.45. The molecule has 7 atom stereocenters. The molecule has 0 aromatic heterocycles.